The molecule has 0 aliphatic carbocycles. The van der Waals surface area contributed by atoms with Gasteiger partial charge in [-0.1, -0.05) is 18.2 Å². The second kappa shape index (κ2) is 10.4. The van der Waals surface area contributed by atoms with Crippen molar-refractivity contribution >= 4 is 40.0 Å². The lowest BCUT2D eigenvalue weighted by Crippen LogP contribution is -2.41. The van der Waals surface area contributed by atoms with E-state index in [1.165, 1.54) is 0 Å². The van der Waals surface area contributed by atoms with Crippen molar-refractivity contribution in [2.75, 3.05) is 26.4 Å². The fourth-order valence-corrected chi connectivity index (χ4v) is 2.39. The van der Waals surface area contributed by atoms with Crippen molar-refractivity contribution in [3.8, 4) is 11.5 Å². The van der Waals surface area contributed by atoms with Crippen LogP contribution in [0.4, 0.5) is 0 Å². The van der Waals surface area contributed by atoms with Gasteiger partial charge in [0.25, 0.3) is 0 Å². The SMILES string of the molecule is CN=C(NCCNS(C)(=O)=O)NCc1coc(-c2ccccc2)n1.I. The number of benzene rings is 1. The Morgan fingerprint density at radius 3 is 2.56 bits per heavy atom. The van der Waals surface area contributed by atoms with Crippen LogP contribution in [-0.2, 0) is 16.6 Å². The molecule has 0 saturated heterocycles. The molecule has 1 aromatic carbocycles. The van der Waals surface area contributed by atoms with Crippen LogP contribution in [0, 0.1) is 0 Å². The standard InChI is InChI=1S/C15H21N5O3S.HI/c1-16-15(17-8-9-19-24(2,21)22)18-10-13-11-23-14(20-13)12-6-4-3-5-7-12;/h3-7,11,19H,8-10H2,1-2H3,(H2,16,17,18);1H. The second-order valence-electron chi connectivity index (χ2n) is 5.03. The predicted molar refractivity (Wildman–Crippen MR) is 108 cm³/mol. The number of nitrogens with one attached hydrogen (secondary N) is 3. The van der Waals surface area contributed by atoms with E-state index in [1.54, 1.807) is 13.3 Å². The van der Waals surface area contributed by atoms with Gasteiger partial charge in [0.1, 0.15) is 6.26 Å². The molecule has 0 amide bonds. The number of aromatic nitrogens is 1. The van der Waals surface area contributed by atoms with Crippen LogP contribution in [-0.4, -0.2) is 45.8 Å². The summed E-state index contributed by atoms with van der Waals surface area (Å²) in [5.41, 5.74) is 1.66. The molecule has 2 aromatic rings. The first-order chi connectivity index (χ1) is 11.5. The highest BCUT2D eigenvalue weighted by Crippen LogP contribution is 2.17. The van der Waals surface area contributed by atoms with Crippen LogP contribution in [0.2, 0.25) is 0 Å². The molecule has 2 rings (SSSR count). The number of hydrogen-bond donors (Lipinski definition) is 3. The van der Waals surface area contributed by atoms with Gasteiger partial charge >= 0.3 is 0 Å². The van der Waals surface area contributed by atoms with E-state index >= 15 is 0 Å². The zero-order valence-corrected chi connectivity index (χ0v) is 17.2. The number of nitrogens with zero attached hydrogens (tertiary/aromatic N) is 2. The molecule has 3 N–H and O–H groups in total. The van der Waals surface area contributed by atoms with Gasteiger partial charge in [-0.3, -0.25) is 4.99 Å². The van der Waals surface area contributed by atoms with Crippen molar-refractivity contribution in [1.82, 2.24) is 20.3 Å². The number of sulfonamides is 1. The maximum atomic E-state index is 11.0. The molecule has 138 valence electrons. The van der Waals surface area contributed by atoms with Crippen molar-refractivity contribution in [1.29, 1.82) is 0 Å². The first-order valence-electron chi connectivity index (χ1n) is 7.37. The van der Waals surface area contributed by atoms with Crippen molar-refractivity contribution < 1.29 is 12.8 Å². The molecular formula is C15H22IN5O3S. The molecule has 1 heterocycles. The zero-order chi connectivity index (χ0) is 17.4. The van der Waals surface area contributed by atoms with Crippen LogP contribution < -0.4 is 15.4 Å². The minimum absolute atomic E-state index is 0. The van der Waals surface area contributed by atoms with Crippen LogP contribution in [0.3, 0.4) is 0 Å². The number of aliphatic imine (C=N–C) groups is 1. The predicted octanol–water partition coefficient (Wildman–Crippen LogP) is 1.17. The average Bonchev–Trinajstić information content (AvgIpc) is 3.03. The van der Waals surface area contributed by atoms with Crippen molar-refractivity contribution in [3.05, 3.63) is 42.3 Å². The van der Waals surface area contributed by atoms with Gasteiger partial charge in [0.05, 0.1) is 18.5 Å². The summed E-state index contributed by atoms with van der Waals surface area (Å²) in [5, 5.41) is 6.09. The molecule has 0 aliphatic rings. The van der Waals surface area contributed by atoms with Gasteiger partial charge in [-0.25, -0.2) is 18.1 Å². The van der Waals surface area contributed by atoms with E-state index in [4.69, 9.17) is 4.42 Å². The van der Waals surface area contributed by atoms with Crippen molar-refractivity contribution in [2.24, 2.45) is 4.99 Å². The van der Waals surface area contributed by atoms with Gasteiger partial charge in [-0.05, 0) is 12.1 Å². The molecule has 0 radical (unpaired) electrons. The van der Waals surface area contributed by atoms with E-state index in [0.29, 0.717) is 24.9 Å². The fourth-order valence-electron chi connectivity index (χ4n) is 1.91. The maximum Gasteiger partial charge on any atom is 0.226 e. The van der Waals surface area contributed by atoms with Crippen LogP contribution >= 0.6 is 24.0 Å². The Labute approximate surface area is 164 Å². The molecule has 0 aliphatic heterocycles. The summed E-state index contributed by atoms with van der Waals surface area (Å²) in [6, 6.07) is 9.64. The normalized spacial score (nSPS) is 11.7. The summed E-state index contributed by atoms with van der Waals surface area (Å²) in [7, 11) is -1.54. The highest BCUT2D eigenvalue weighted by molar-refractivity contribution is 14.0. The van der Waals surface area contributed by atoms with Crippen LogP contribution in [0.5, 0.6) is 0 Å². The molecule has 0 saturated carbocycles. The second-order valence-corrected chi connectivity index (χ2v) is 6.86. The van der Waals surface area contributed by atoms with Crippen LogP contribution in [0.1, 0.15) is 5.69 Å². The van der Waals surface area contributed by atoms with E-state index in [2.05, 4.69) is 25.3 Å². The average molecular weight is 479 g/mol. The zero-order valence-electron chi connectivity index (χ0n) is 14.0. The smallest absolute Gasteiger partial charge is 0.226 e. The number of hydrogen-bond acceptors (Lipinski definition) is 5. The van der Waals surface area contributed by atoms with Gasteiger partial charge < -0.3 is 15.1 Å². The molecule has 1 aromatic heterocycles. The third kappa shape index (κ3) is 7.84. The molecule has 10 heteroatoms. The third-order valence-electron chi connectivity index (χ3n) is 3.01. The maximum absolute atomic E-state index is 11.0. The van der Waals surface area contributed by atoms with E-state index in [1.807, 2.05) is 30.3 Å². The number of rotatable bonds is 7. The molecule has 0 unspecified atom stereocenters. The quantitative estimate of drug-likeness (QED) is 0.238. The molecular weight excluding hydrogens is 457 g/mol. The Hall–Kier alpha value is -1.66. The third-order valence-corrected chi connectivity index (χ3v) is 3.74. The molecule has 0 spiro atoms. The Kier molecular flexibility index (Phi) is 8.86. The summed E-state index contributed by atoms with van der Waals surface area (Å²) in [6.45, 7) is 1.14. The van der Waals surface area contributed by atoms with Crippen molar-refractivity contribution in [3.63, 3.8) is 0 Å². The lowest BCUT2D eigenvalue weighted by atomic mass is 10.2. The monoisotopic (exact) mass is 479 g/mol. The first-order valence-corrected chi connectivity index (χ1v) is 9.26. The van der Waals surface area contributed by atoms with Crippen LogP contribution in [0.15, 0.2) is 46.0 Å². The van der Waals surface area contributed by atoms with Gasteiger partial charge in [0.15, 0.2) is 5.96 Å². The Balaban J connectivity index is 0.00000312. The van der Waals surface area contributed by atoms with E-state index in [0.717, 1.165) is 17.5 Å². The van der Waals surface area contributed by atoms with Gasteiger partial charge in [0.2, 0.25) is 15.9 Å². The number of guanidine groups is 1. The summed E-state index contributed by atoms with van der Waals surface area (Å²) in [4.78, 5) is 8.47. The lowest BCUT2D eigenvalue weighted by molar-refractivity contribution is 0.572. The highest BCUT2D eigenvalue weighted by Gasteiger charge is 2.07. The van der Waals surface area contributed by atoms with E-state index in [-0.39, 0.29) is 30.5 Å². The van der Waals surface area contributed by atoms with Crippen LogP contribution in [0.25, 0.3) is 11.5 Å². The largest absolute Gasteiger partial charge is 0.444 e. The van der Waals surface area contributed by atoms with Gasteiger partial charge in [-0.15, -0.1) is 24.0 Å². The summed E-state index contributed by atoms with van der Waals surface area (Å²) in [6.07, 6.45) is 2.71. The Morgan fingerprint density at radius 2 is 1.92 bits per heavy atom. The van der Waals surface area contributed by atoms with Gasteiger partial charge in [0, 0.05) is 25.7 Å². The summed E-state index contributed by atoms with van der Waals surface area (Å²) in [5.74, 6) is 1.11. The minimum atomic E-state index is -3.18. The molecule has 25 heavy (non-hydrogen) atoms. The Bertz CT molecular complexity index is 777. The summed E-state index contributed by atoms with van der Waals surface area (Å²) < 4.78 is 29.8. The minimum Gasteiger partial charge on any atom is -0.444 e. The topological polar surface area (TPSA) is 109 Å². The highest BCUT2D eigenvalue weighted by atomic mass is 127. The van der Waals surface area contributed by atoms with Gasteiger partial charge in [-0.2, -0.15) is 0 Å². The number of halogens is 1. The molecule has 0 fully saturated rings. The fraction of sp³-hybridized carbons (Fsp3) is 0.333. The number of oxazole rings is 1. The molecule has 8 nitrogen and oxygen atoms in total. The van der Waals surface area contributed by atoms with E-state index < -0.39 is 10.0 Å². The first kappa shape index (κ1) is 21.4. The molecule has 0 bridgehead atoms. The summed E-state index contributed by atoms with van der Waals surface area (Å²) >= 11 is 0. The van der Waals surface area contributed by atoms with E-state index in [9.17, 15) is 8.42 Å². The van der Waals surface area contributed by atoms with Crippen molar-refractivity contribution in [2.45, 2.75) is 6.54 Å². The molecule has 0 atom stereocenters. The lowest BCUT2D eigenvalue weighted by Gasteiger charge is -2.10. The Morgan fingerprint density at radius 1 is 1.20 bits per heavy atom.